The Bertz CT molecular complexity index is 704. The second-order valence-corrected chi connectivity index (χ2v) is 5.57. The molecule has 1 aromatic heterocycles. The number of hydrogen-bond acceptors (Lipinski definition) is 3. The number of carbonyl (C=O) groups is 1. The Labute approximate surface area is 157 Å². The highest BCUT2D eigenvalue weighted by Crippen LogP contribution is 2.27. The van der Waals surface area contributed by atoms with Crippen LogP contribution in [0.3, 0.4) is 0 Å². The summed E-state index contributed by atoms with van der Waals surface area (Å²) in [7, 11) is 0. The van der Waals surface area contributed by atoms with Crippen molar-refractivity contribution < 1.29 is 13.6 Å². The molecule has 1 amide bonds. The number of hydrogen-bond donors (Lipinski definition) is 2. The highest BCUT2D eigenvalue weighted by atomic mass is 35.5. The van der Waals surface area contributed by atoms with Gasteiger partial charge in [0, 0.05) is 24.7 Å². The van der Waals surface area contributed by atoms with Crippen LogP contribution in [-0.4, -0.2) is 30.0 Å². The van der Waals surface area contributed by atoms with Gasteiger partial charge in [-0.25, -0.2) is 8.78 Å². The second-order valence-electron chi connectivity index (χ2n) is 5.57. The highest BCUT2D eigenvalue weighted by Gasteiger charge is 2.28. The van der Waals surface area contributed by atoms with Crippen molar-refractivity contribution in [1.82, 2.24) is 15.6 Å². The van der Waals surface area contributed by atoms with E-state index in [2.05, 4.69) is 15.6 Å². The van der Waals surface area contributed by atoms with E-state index in [9.17, 15) is 13.6 Å². The van der Waals surface area contributed by atoms with Gasteiger partial charge < -0.3 is 10.6 Å². The van der Waals surface area contributed by atoms with Gasteiger partial charge in [-0.3, -0.25) is 9.78 Å². The van der Waals surface area contributed by atoms with Gasteiger partial charge in [0.2, 0.25) is 0 Å². The molecule has 2 heterocycles. The summed E-state index contributed by atoms with van der Waals surface area (Å²) in [6.45, 7) is 1.34. The first-order valence-electron chi connectivity index (χ1n) is 7.52. The third-order valence-electron chi connectivity index (χ3n) is 4.07. The van der Waals surface area contributed by atoms with Crippen LogP contribution in [0.2, 0.25) is 0 Å². The topological polar surface area (TPSA) is 54.0 Å². The standard InChI is InChI=1S/C17H17F2N3O.2ClH/c18-13-5-4-11(9-14(13)19)12-6-8-20-10-16(12)22-17(23)15-3-1-2-7-21-15;;/h1-5,7,9,12,16,20H,6,8,10H2,(H,22,23);2*1H. The van der Waals surface area contributed by atoms with Crippen LogP contribution in [0.4, 0.5) is 8.78 Å². The lowest BCUT2D eigenvalue weighted by Crippen LogP contribution is -2.50. The minimum absolute atomic E-state index is 0. The third kappa shape index (κ3) is 5.11. The Morgan fingerprint density at radius 3 is 2.64 bits per heavy atom. The van der Waals surface area contributed by atoms with Gasteiger partial charge in [0.05, 0.1) is 0 Å². The maximum Gasteiger partial charge on any atom is 0.270 e. The molecular formula is C17H19Cl2F2N3O. The molecule has 0 bridgehead atoms. The van der Waals surface area contributed by atoms with E-state index in [1.54, 1.807) is 30.5 Å². The summed E-state index contributed by atoms with van der Waals surface area (Å²) in [4.78, 5) is 16.3. The first-order valence-corrected chi connectivity index (χ1v) is 7.52. The molecular weight excluding hydrogens is 371 g/mol. The van der Waals surface area contributed by atoms with E-state index < -0.39 is 11.6 Å². The Hall–Kier alpha value is -1.76. The molecule has 1 aliphatic rings. The zero-order chi connectivity index (χ0) is 16.2. The van der Waals surface area contributed by atoms with Crippen molar-refractivity contribution in [2.45, 2.75) is 18.4 Å². The van der Waals surface area contributed by atoms with Crippen molar-refractivity contribution in [1.29, 1.82) is 0 Å². The minimum Gasteiger partial charge on any atom is -0.346 e. The summed E-state index contributed by atoms with van der Waals surface area (Å²) in [5.74, 6) is -2.07. The number of nitrogens with one attached hydrogen (secondary N) is 2. The number of amides is 1. The average molecular weight is 390 g/mol. The zero-order valence-corrected chi connectivity index (χ0v) is 14.9. The number of piperidine rings is 1. The monoisotopic (exact) mass is 389 g/mol. The van der Waals surface area contributed by atoms with E-state index >= 15 is 0 Å². The summed E-state index contributed by atoms with van der Waals surface area (Å²) in [6.07, 6.45) is 2.29. The highest BCUT2D eigenvalue weighted by molar-refractivity contribution is 5.92. The van der Waals surface area contributed by atoms with Crippen molar-refractivity contribution in [2.24, 2.45) is 0 Å². The van der Waals surface area contributed by atoms with Crippen LogP contribution in [0, 0.1) is 11.6 Å². The molecule has 2 atom stereocenters. The first kappa shape index (κ1) is 21.3. The summed E-state index contributed by atoms with van der Waals surface area (Å²) in [5.41, 5.74) is 1.03. The predicted molar refractivity (Wildman–Crippen MR) is 96.6 cm³/mol. The Morgan fingerprint density at radius 1 is 1.16 bits per heavy atom. The van der Waals surface area contributed by atoms with E-state index in [1.165, 1.54) is 6.07 Å². The van der Waals surface area contributed by atoms with Crippen LogP contribution in [0.5, 0.6) is 0 Å². The fraction of sp³-hybridized carbons (Fsp3) is 0.294. The van der Waals surface area contributed by atoms with E-state index in [0.29, 0.717) is 17.8 Å². The van der Waals surface area contributed by atoms with Crippen molar-refractivity contribution in [3.63, 3.8) is 0 Å². The lowest BCUT2D eigenvalue weighted by molar-refractivity contribution is 0.0919. The van der Waals surface area contributed by atoms with Crippen LogP contribution in [0.15, 0.2) is 42.6 Å². The molecule has 1 aliphatic heterocycles. The molecule has 136 valence electrons. The first-order chi connectivity index (χ1) is 11.1. The normalized spacial score (nSPS) is 19.3. The van der Waals surface area contributed by atoms with Crippen LogP contribution in [0.25, 0.3) is 0 Å². The van der Waals surface area contributed by atoms with E-state index in [1.807, 2.05) is 0 Å². The molecule has 0 saturated carbocycles. The number of halogens is 4. The summed E-state index contributed by atoms with van der Waals surface area (Å²) < 4.78 is 26.6. The Kier molecular flexibility index (Phi) is 8.22. The molecule has 0 spiro atoms. The largest absolute Gasteiger partial charge is 0.346 e. The van der Waals surface area contributed by atoms with Gasteiger partial charge in [-0.2, -0.15) is 0 Å². The van der Waals surface area contributed by atoms with E-state index in [0.717, 1.165) is 19.0 Å². The molecule has 8 heteroatoms. The fourth-order valence-electron chi connectivity index (χ4n) is 2.89. The van der Waals surface area contributed by atoms with Crippen LogP contribution < -0.4 is 10.6 Å². The Morgan fingerprint density at radius 2 is 1.96 bits per heavy atom. The predicted octanol–water partition coefficient (Wildman–Crippen LogP) is 3.08. The van der Waals surface area contributed by atoms with Gasteiger partial charge in [0.25, 0.3) is 5.91 Å². The number of nitrogens with zero attached hydrogens (tertiary/aromatic N) is 1. The molecule has 3 rings (SSSR count). The third-order valence-corrected chi connectivity index (χ3v) is 4.07. The number of benzene rings is 1. The van der Waals surface area contributed by atoms with Gasteiger partial charge in [-0.1, -0.05) is 12.1 Å². The van der Waals surface area contributed by atoms with Gasteiger partial charge in [-0.15, -0.1) is 24.8 Å². The number of pyridine rings is 1. The maximum atomic E-state index is 13.5. The van der Waals surface area contributed by atoms with E-state index in [-0.39, 0.29) is 42.7 Å². The quantitative estimate of drug-likeness (QED) is 0.847. The molecule has 0 radical (unpaired) electrons. The summed E-state index contributed by atoms with van der Waals surface area (Å²) >= 11 is 0. The van der Waals surface area contributed by atoms with Gasteiger partial charge in [0.1, 0.15) is 5.69 Å². The fourth-order valence-corrected chi connectivity index (χ4v) is 2.89. The molecule has 1 fully saturated rings. The SMILES string of the molecule is Cl.Cl.O=C(NC1CNCCC1c1ccc(F)c(F)c1)c1ccccn1. The molecule has 2 N–H and O–H groups in total. The number of aromatic nitrogens is 1. The maximum absolute atomic E-state index is 13.5. The lowest BCUT2D eigenvalue weighted by Gasteiger charge is -2.33. The number of rotatable bonds is 3. The summed E-state index contributed by atoms with van der Waals surface area (Å²) in [6, 6.07) is 8.84. The molecule has 25 heavy (non-hydrogen) atoms. The van der Waals surface area contributed by atoms with Gasteiger partial charge >= 0.3 is 0 Å². The minimum atomic E-state index is -0.865. The zero-order valence-electron chi connectivity index (χ0n) is 13.2. The van der Waals surface area contributed by atoms with Gasteiger partial charge in [-0.05, 0) is 42.8 Å². The van der Waals surface area contributed by atoms with Gasteiger partial charge in [0.15, 0.2) is 11.6 Å². The molecule has 2 unspecified atom stereocenters. The van der Waals surface area contributed by atoms with Crippen LogP contribution in [-0.2, 0) is 0 Å². The summed E-state index contributed by atoms with van der Waals surface area (Å²) in [5, 5.41) is 6.15. The van der Waals surface area contributed by atoms with Crippen molar-refractivity contribution in [3.8, 4) is 0 Å². The molecule has 1 saturated heterocycles. The molecule has 2 aromatic rings. The lowest BCUT2D eigenvalue weighted by atomic mass is 9.86. The van der Waals surface area contributed by atoms with Crippen LogP contribution in [0.1, 0.15) is 28.4 Å². The van der Waals surface area contributed by atoms with Crippen molar-refractivity contribution in [3.05, 3.63) is 65.5 Å². The molecule has 0 aliphatic carbocycles. The van der Waals surface area contributed by atoms with Crippen molar-refractivity contribution >= 4 is 30.7 Å². The molecule has 1 aromatic carbocycles. The van der Waals surface area contributed by atoms with E-state index in [4.69, 9.17) is 0 Å². The molecule has 4 nitrogen and oxygen atoms in total. The Balaban J connectivity index is 0.00000156. The van der Waals surface area contributed by atoms with Crippen LogP contribution >= 0.6 is 24.8 Å². The smallest absolute Gasteiger partial charge is 0.270 e. The van der Waals surface area contributed by atoms with Crippen molar-refractivity contribution in [2.75, 3.05) is 13.1 Å². The number of carbonyl (C=O) groups excluding carboxylic acids is 1. The second kappa shape index (κ2) is 9.65. The average Bonchev–Trinajstić information content (AvgIpc) is 2.59.